The number of benzene rings is 2. The molecule has 6 heteroatoms. The zero-order valence-corrected chi connectivity index (χ0v) is 11.2. The van der Waals surface area contributed by atoms with Gasteiger partial charge in [0, 0.05) is 24.4 Å². The maximum atomic E-state index is 10.2. The Morgan fingerprint density at radius 2 is 2.00 bits per heavy atom. The third kappa shape index (κ3) is 3.56. The van der Waals surface area contributed by atoms with Crippen LogP contribution in [0.4, 0.5) is 11.4 Å². The Labute approximate surface area is 121 Å². The summed E-state index contributed by atoms with van der Waals surface area (Å²) in [6, 6.07) is 11.7. The standard InChI is InChI=1S/C8H9N.C7H5NO4/c1-2-4-8-7(3-1)5-6-9-8;9-4-5-3-6(8(11)12)1-2-7(5)10/h1-4,9H,5-6H2;1-4,10H. The van der Waals surface area contributed by atoms with E-state index in [1.54, 1.807) is 0 Å². The fourth-order valence-corrected chi connectivity index (χ4v) is 1.99. The number of nitrogens with one attached hydrogen (secondary N) is 1. The highest BCUT2D eigenvalue weighted by molar-refractivity contribution is 5.80. The minimum Gasteiger partial charge on any atom is -0.507 e. The molecule has 1 aliphatic heterocycles. The van der Waals surface area contributed by atoms with Crippen molar-refractivity contribution >= 4 is 17.7 Å². The topological polar surface area (TPSA) is 92.5 Å². The Balaban J connectivity index is 0.000000159. The van der Waals surface area contributed by atoms with Gasteiger partial charge in [0.05, 0.1) is 10.5 Å². The first-order chi connectivity index (χ1) is 10.1. The van der Waals surface area contributed by atoms with Crippen LogP contribution in [0, 0.1) is 10.1 Å². The van der Waals surface area contributed by atoms with Gasteiger partial charge in [-0.2, -0.15) is 0 Å². The van der Waals surface area contributed by atoms with E-state index in [0.29, 0.717) is 6.29 Å². The number of hydrogen-bond acceptors (Lipinski definition) is 5. The Morgan fingerprint density at radius 3 is 2.67 bits per heavy atom. The average molecular weight is 286 g/mol. The summed E-state index contributed by atoms with van der Waals surface area (Å²) < 4.78 is 0. The Morgan fingerprint density at radius 1 is 1.24 bits per heavy atom. The summed E-state index contributed by atoms with van der Waals surface area (Å²) in [5, 5.41) is 22.5. The summed E-state index contributed by atoms with van der Waals surface area (Å²) in [4.78, 5) is 19.8. The number of carbonyl (C=O) groups excluding carboxylic acids is 1. The number of hydrogen-bond donors (Lipinski definition) is 2. The molecule has 0 saturated carbocycles. The molecule has 0 aliphatic carbocycles. The van der Waals surface area contributed by atoms with Crippen molar-refractivity contribution in [2.75, 3.05) is 11.9 Å². The zero-order chi connectivity index (χ0) is 15.2. The van der Waals surface area contributed by atoms with E-state index in [2.05, 4.69) is 29.6 Å². The summed E-state index contributed by atoms with van der Waals surface area (Å²) in [7, 11) is 0. The van der Waals surface area contributed by atoms with Gasteiger partial charge in [-0.25, -0.2) is 0 Å². The van der Waals surface area contributed by atoms with Crippen LogP contribution in [0.2, 0.25) is 0 Å². The third-order valence-electron chi connectivity index (χ3n) is 3.08. The first kappa shape index (κ1) is 14.5. The molecule has 21 heavy (non-hydrogen) atoms. The van der Waals surface area contributed by atoms with Crippen molar-refractivity contribution in [3.63, 3.8) is 0 Å². The smallest absolute Gasteiger partial charge is 0.270 e. The molecule has 0 aromatic heterocycles. The lowest BCUT2D eigenvalue weighted by atomic mass is 10.2. The Bertz CT molecular complexity index is 647. The molecular formula is C15H14N2O4. The van der Waals surface area contributed by atoms with E-state index >= 15 is 0 Å². The highest BCUT2D eigenvalue weighted by atomic mass is 16.6. The van der Waals surface area contributed by atoms with Crippen LogP contribution in [0.3, 0.4) is 0 Å². The molecule has 0 spiro atoms. The van der Waals surface area contributed by atoms with Gasteiger partial charge in [0.15, 0.2) is 6.29 Å². The lowest BCUT2D eigenvalue weighted by molar-refractivity contribution is -0.384. The molecule has 108 valence electrons. The van der Waals surface area contributed by atoms with Crippen molar-refractivity contribution in [1.82, 2.24) is 0 Å². The van der Waals surface area contributed by atoms with Gasteiger partial charge >= 0.3 is 0 Å². The normalized spacial score (nSPS) is 11.6. The number of phenolic OH excluding ortho intramolecular Hbond substituents is 1. The number of nitrogens with zero attached hydrogens (tertiary/aromatic N) is 1. The van der Waals surface area contributed by atoms with Crippen LogP contribution < -0.4 is 5.32 Å². The predicted octanol–water partition coefficient (Wildman–Crippen LogP) is 2.77. The molecule has 2 aromatic rings. The maximum Gasteiger partial charge on any atom is 0.270 e. The molecule has 0 bridgehead atoms. The maximum absolute atomic E-state index is 10.2. The Kier molecular flexibility index (Phi) is 4.50. The zero-order valence-electron chi connectivity index (χ0n) is 11.2. The van der Waals surface area contributed by atoms with Crippen LogP contribution in [0.15, 0.2) is 42.5 Å². The third-order valence-corrected chi connectivity index (χ3v) is 3.08. The number of nitro groups is 1. The van der Waals surface area contributed by atoms with Crippen molar-refractivity contribution in [1.29, 1.82) is 0 Å². The molecule has 0 saturated heterocycles. The number of non-ortho nitro benzene ring substituents is 1. The van der Waals surface area contributed by atoms with Crippen LogP contribution in [0.25, 0.3) is 0 Å². The SMILES string of the molecule is O=Cc1cc([N+](=O)[O-])ccc1O.c1ccc2c(c1)CCN2. The lowest BCUT2D eigenvalue weighted by Crippen LogP contribution is -1.90. The molecule has 0 radical (unpaired) electrons. The number of rotatable bonds is 2. The van der Waals surface area contributed by atoms with E-state index in [1.165, 1.54) is 17.7 Å². The highest BCUT2D eigenvalue weighted by Gasteiger charge is 2.08. The van der Waals surface area contributed by atoms with Gasteiger partial charge < -0.3 is 10.4 Å². The molecule has 0 atom stereocenters. The molecular weight excluding hydrogens is 272 g/mol. The second kappa shape index (κ2) is 6.51. The van der Waals surface area contributed by atoms with Crippen LogP contribution >= 0.6 is 0 Å². The van der Waals surface area contributed by atoms with E-state index in [-0.39, 0.29) is 17.0 Å². The minimum absolute atomic E-state index is 0.0794. The van der Waals surface area contributed by atoms with Crippen molar-refractivity contribution in [3.05, 3.63) is 63.7 Å². The molecule has 1 heterocycles. The summed E-state index contributed by atoms with van der Waals surface area (Å²) in [5.74, 6) is -0.254. The first-order valence-corrected chi connectivity index (χ1v) is 6.36. The van der Waals surface area contributed by atoms with Gasteiger partial charge in [-0.15, -0.1) is 0 Å². The number of fused-ring (bicyclic) bond motifs is 1. The van der Waals surface area contributed by atoms with Gasteiger partial charge in [0.2, 0.25) is 0 Å². The quantitative estimate of drug-likeness (QED) is 0.503. The summed E-state index contributed by atoms with van der Waals surface area (Å²) >= 11 is 0. The number of aldehydes is 1. The molecule has 0 unspecified atom stereocenters. The van der Waals surface area contributed by atoms with Gasteiger partial charge in [-0.1, -0.05) is 18.2 Å². The summed E-state index contributed by atoms with van der Waals surface area (Å²) in [6.45, 7) is 1.11. The van der Waals surface area contributed by atoms with Crippen molar-refractivity contribution in [2.24, 2.45) is 0 Å². The number of nitro benzene ring substituents is 1. The highest BCUT2D eigenvalue weighted by Crippen LogP contribution is 2.21. The molecule has 0 amide bonds. The van der Waals surface area contributed by atoms with E-state index < -0.39 is 4.92 Å². The first-order valence-electron chi connectivity index (χ1n) is 6.36. The largest absolute Gasteiger partial charge is 0.507 e. The molecule has 3 rings (SSSR count). The van der Waals surface area contributed by atoms with Gasteiger partial charge in [-0.3, -0.25) is 14.9 Å². The minimum atomic E-state index is -0.633. The molecule has 2 N–H and O–H groups in total. The van der Waals surface area contributed by atoms with Crippen LogP contribution in [-0.4, -0.2) is 22.9 Å². The second-order valence-electron chi connectivity index (χ2n) is 4.45. The van der Waals surface area contributed by atoms with Crippen molar-refractivity contribution in [2.45, 2.75) is 6.42 Å². The average Bonchev–Trinajstić information content (AvgIpc) is 2.96. The number of aromatic hydroxyl groups is 1. The van der Waals surface area contributed by atoms with Crippen molar-refractivity contribution in [3.8, 4) is 5.75 Å². The molecule has 1 aliphatic rings. The van der Waals surface area contributed by atoms with Crippen LogP contribution in [-0.2, 0) is 6.42 Å². The van der Waals surface area contributed by atoms with E-state index in [1.807, 2.05) is 0 Å². The summed E-state index contributed by atoms with van der Waals surface area (Å²) in [6.07, 6.45) is 1.55. The molecule has 0 fully saturated rings. The number of anilines is 1. The van der Waals surface area contributed by atoms with E-state index in [4.69, 9.17) is 5.11 Å². The number of phenols is 1. The van der Waals surface area contributed by atoms with Gasteiger partial charge in [0.25, 0.3) is 5.69 Å². The lowest BCUT2D eigenvalue weighted by Gasteiger charge is -1.95. The van der Waals surface area contributed by atoms with E-state index in [0.717, 1.165) is 24.7 Å². The van der Waals surface area contributed by atoms with Crippen molar-refractivity contribution < 1.29 is 14.8 Å². The van der Waals surface area contributed by atoms with Crippen LogP contribution in [0.5, 0.6) is 5.75 Å². The Hall–Kier alpha value is -2.89. The number of carbonyl (C=O) groups is 1. The second-order valence-corrected chi connectivity index (χ2v) is 4.45. The van der Waals surface area contributed by atoms with Crippen LogP contribution in [0.1, 0.15) is 15.9 Å². The molecule has 2 aromatic carbocycles. The van der Waals surface area contributed by atoms with Gasteiger partial charge in [-0.05, 0) is 24.1 Å². The fourth-order valence-electron chi connectivity index (χ4n) is 1.99. The molecule has 6 nitrogen and oxygen atoms in total. The van der Waals surface area contributed by atoms with E-state index in [9.17, 15) is 14.9 Å². The monoisotopic (exact) mass is 286 g/mol. The van der Waals surface area contributed by atoms with Gasteiger partial charge in [0.1, 0.15) is 5.75 Å². The fraction of sp³-hybridized carbons (Fsp3) is 0.133. The number of para-hydroxylation sites is 1. The predicted molar refractivity (Wildman–Crippen MR) is 78.8 cm³/mol. The summed E-state index contributed by atoms with van der Waals surface area (Å²) in [5.41, 5.74) is 2.48.